The zero-order valence-corrected chi connectivity index (χ0v) is 13.3. The van der Waals surface area contributed by atoms with Gasteiger partial charge in [0.1, 0.15) is 5.78 Å². The maximum atomic E-state index is 12.4. The van der Waals surface area contributed by atoms with Crippen molar-refractivity contribution in [1.82, 2.24) is 0 Å². The molecule has 0 N–H and O–H groups in total. The lowest BCUT2D eigenvalue weighted by Crippen LogP contribution is -2.41. The Morgan fingerprint density at radius 3 is 3.14 bits per heavy atom. The Hall–Kier alpha value is -1.55. The molecule has 3 atom stereocenters. The molecule has 2 heterocycles. The molecular weight excluding hydrogens is 328 g/mol. The third-order valence-electron chi connectivity index (χ3n) is 4.66. The number of carbonyl (C=O) groups is 1. The zero-order valence-electron chi connectivity index (χ0n) is 11.7. The Labute approximate surface area is 132 Å². The van der Waals surface area contributed by atoms with Crippen molar-refractivity contribution in [3.63, 3.8) is 0 Å². The van der Waals surface area contributed by atoms with E-state index >= 15 is 0 Å². The molecule has 21 heavy (non-hydrogen) atoms. The summed E-state index contributed by atoms with van der Waals surface area (Å²) in [6.45, 7) is 2.14. The average Bonchev–Trinajstić information content (AvgIpc) is 2.65. The van der Waals surface area contributed by atoms with E-state index < -0.39 is 5.66 Å². The third kappa shape index (κ3) is 1.68. The Bertz CT molecular complexity index is 723. The molecule has 0 saturated carbocycles. The van der Waals surface area contributed by atoms with Gasteiger partial charge >= 0.3 is 0 Å². The number of hydrogen-bond acceptors (Lipinski definition) is 3. The molecule has 4 heteroatoms. The third-order valence-corrected chi connectivity index (χ3v) is 5.32. The van der Waals surface area contributed by atoms with Crippen molar-refractivity contribution in [2.75, 3.05) is 0 Å². The van der Waals surface area contributed by atoms with Crippen LogP contribution in [0.15, 0.2) is 56.0 Å². The first-order chi connectivity index (χ1) is 10.1. The molecule has 106 valence electrons. The number of hydrogen-bond donors (Lipinski definition) is 0. The maximum absolute atomic E-state index is 12.4. The van der Waals surface area contributed by atoms with Crippen LogP contribution in [0.5, 0.6) is 0 Å². The normalized spacial score (nSPS) is 36.8. The van der Waals surface area contributed by atoms with E-state index in [-0.39, 0.29) is 17.6 Å². The van der Waals surface area contributed by atoms with E-state index in [1.807, 2.05) is 18.2 Å². The van der Waals surface area contributed by atoms with Crippen molar-refractivity contribution in [2.24, 2.45) is 21.8 Å². The van der Waals surface area contributed by atoms with E-state index in [9.17, 15) is 4.79 Å². The van der Waals surface area contributed by atoms with Crippen molar-refractivity contribution in [1.29, 1.82) is 0 Å². The zero-order chi connectivity index (χ0) is 14.6. The van der Waals surface area contributed by atoms with Crippen molar-refractivity contribution in [3.8, 4) is 0 Å². The van der Waals surface area contributed by atoms with E-state index in [2.05, 4.69) is 35.0 Å². The highest BCUT2D eigenvalue weighted by atomic mass is 79.9. The molecule has 0 radical (unpaired) electrons. The van der Waals surface area contributed by atoms with Crippen molar-refractivity contribution >= 4 is 33.6 Å². The van der Waals surface area contributed by atoms with Crippen LogP contribution in [-0.2, 0) is 4.79 Å². The summed E-state index contributed by atoms with van der Waals surface area (Å²) in [5.74, 6) is 0.317. The predicted molar refractivity (Wildman–Crippen MR) is 87.9 cm³/mol. The monoisotopic (exact) mass is 342 g/mol. The molecule has 4 aliphatic rings. The van der Waals surface area contributed by atoms with Crippen LogP contribution in [0.25, 0.3) is 0 Å². The molecule has 0 saturated heterocycles. The number of halogens is 1. The van der Waals surface area contributed by atoms with Crippen LogP contribution >= 0.6 is 15.9 Å². The largest absolute Gasteiger partial charge is 0.299 e. The van der Waals surface area contributed by atoms with Gasteiger partial charge in [-0.05, 0) is 12.5 Å². The van der Waals surface area contributed by atoms with Crippen LogP contribution in [-0.4, -0.2) is 23.4 Å². The van der Waals surface area contributed by atoms with Gasteiger partial charge in [-0.1, -0.05) is 47.2 Å². The molecule has 1 spiro atoms. The second kappa shape index (κ2) is 4.47. The first kappa shape index (κ1) is 13.1. The lowest BCUT2D eigenvalue weighted by molar-refractivity contribution is -0.123. The van der Waals surface area contributed by atoms with E-state index in [1.165, 1.54) is 0 Å². The van der Waals surface area contributed by atoms with E-state index in [0.717, 1.165) is 21.3 Å². The number of aliphatic imine (C=N–C) groups is 2. The van der Waals surface area contributed by atoms with Crippen molar-refractivity contribution in [3.05, 3.63) is 46.0 Å². The molecule has 0 amide bonds. The summed E-state index contributed by atoms with van der Waals surface area (Å²) in [6.07, 6.45) is 13.2. The summed E-state index contributed by atoms with van der Waals surface area (Å²) in [5, 5.41) is 0. The number of fused-ring (bicyclic) bond motifs is 2. The summed E-state index contributed by atoms with van der Waals surface area (Å²) in [6, 6.07) is 0. The topological polar surface area (TPSA) is 41.8 Å². The number of allylic oxidation sites excluding steroid dienone is 6. The van der Waals surface area contributed by atoms with Crippen LogP contribution in [0.3, 0.4) is 0 Å². The highest BCUT2D eigenvalue weighted by molar-refractivity contribution is 9.12. The number of Topliss-reactive ketones (excluding diaryl/α,β-unsaturated/α-hetero) is 1. The van der Waals surface area contributed by atoms with Gasteiger partial charge in [0.15, 0.2) is 5.66 Å². The highest BCUT2D eigenvalue weighted by Crippen LogP contribution is 2.51. The lowest BCUT2D eigenvalue weighted by Gasteiger charge is -2.34. The SMILES string of the molecule is CC1C=CC(Br)=C2C3=CCC(=O)C4CC=CC=NC34N=C21. The van der Waals surface area contributed by atoms with Crippen molar-refractivity contribution < 1.29 is 4.79 Å². The fraction of sp³-hybridized carbons (Fsp3) is 0.353. The number of nitrogens with zero attached hydrogens (tertiary/aromatic N) is 2. The van der Waals surface area contributed by atoms with Crippen LogP contribution in [0.1, 0.15) is 19.8 Å². The van der Waals surface area contributed by atoms with Crippen LogP contribution < -0.4 is 0 Å². The van der Waals surface area contributed by atoms with Crippen LogP contribution in [0, 0.1) is 11.8 Å². The number of carbonyl (C=O) groups excluding carboxylic acids is 1. The van der Waals surface area contributed by atoms with E-state index in [4.69, 9.17) is 9.98 Å². The second-order valence-electron chi connectivity index (χ2n) is 5.88. The summed E-state index contributed by atoms with van der Waals surface area (Å²) in [5.41, 5.74) is 2.56. The summed E-state index contributed by atoms with van der Waals surface area (Å²) < 4.78 is 1.04. The van der Waals surface area contributed by atoms with Gasteiger partial charge in [0.05, 0.1) is 11.6 Å². The van der Waals surface area contributed by atoms with Crippen molar-refractivity contribution in [2.45, 2.75) is 25.4 Å². The molecule has 4 rings (SSSR count). The van der Waals surface area contributed by atoms with E-state index in [0.29, 0.717) is 12.8 Å². The summed E-state index contributed by atoms with van der Waals surface area (Å²) in [4.78, 5) is 22.1. The fourth-order valence-electron chi connectivity index (χ4n) is 3.61. The first-order valence-electron chi connectivity index (χ1n) is 7.25. The molecule has 2 aliphatic heterocycles. The van der Waals surface area contributed by atoms with Gasteiger partial charge < -0.3 is 0 Å². The molecule has 2 aliphatic carbocycles. The minimum absolute atomic E-state index is 0.175. The summed E-state index contributed by atoms with van der Waals surface area (Å²) >= 11 is 3.65. The van der Waals surface area contributed by atoms with Crippen LogP contribution in [0.2, 0.25) is 0 Å². The number of ketones is 1. The molecule has 0 aromatic carbocycles. The Morgan fingerprint density at radius 1 is 1.43 bits per heavy atom. The van der Waals surface area contributed by atoms with Gasteiger partial charge in [0.2, 0.25) is 0 Å². The second-order valence-corrected chi connectivity index (χ2v) is 6.73. The molecule has 0 fully saturated rings. The van der Waals surface area contributed by atoms with Gasteiger partial charge in [-0.3, -0.25) is 14.8 Å². The minimum atomic E-state index is -0.733. The highest BCUT2D eigenvalue weighted by Gasteiger charge is 2.53. The maximum Gasteiger partial charge on any atom is 0.186 e. The molecule has 3 nitrogen and oxygen atoms in total. The lowest BCUT2D eigenvalue weighted by atomic mass is 9.74. The van der Waals surface area contributed by atoms with Gasteiger partial charge in [-0.2, -0.15) is 0 Å². The van der Waals surface area contributed by atoms with Gasteiger partial charge in [0.25, 0.3) is 0 Å². The molecule has 0 aromatic heterocycles. The molecule has 0 aromatic rings. The number of rotatable bonds is 0. The van der Waals surface area contributed by atoms with Gasteiger partial charge in [-0.15, -0.1) is 0 Å². The molecule has 3 unspecified atom stereocenters. The fourth-order valence-corrected chi connectivity index (χ4v) is 4.18. The summed E-state index contributed by atoms with van der Waals surface area (Å²) in [7, 11) is 0. The Balaban J connectivity index is 1.99. The molecular formula is C17H15BrN2O. The average molecular weight is 343 g/mol. The smallest absolute Gasteiger partial charge is 0.186 e. The predicted octanol–water partition coefficient (Wildman–Crippen LogP) is 3.54. The van der Waals surface area contributed by atoms with Crippen LogP contribution in [0.4, 0.5) is 0 Å². The standard InChI is InChI=1S/C17H15BrN2O/c1-10-5-7-13(18)15-12-6-8-14(21)11-4-2-3-9-19-17(11,12)20-16(10)15/h2-3,5-7,9-11H,4,8H2,1H3. The molecule has 0 bridgehead atoms. The minimum Gasteiger partial charge on any atom is -0.299 e. The van der Waals surface area contributed by atoms with Gasteiger partial charge in [-0.25, -0.2) is 0 Å². The van der Waals surface area contributed by atoms with Gasteiger partial charge in [0, 0.05) is 34.2 Å². The quantitative estimate of drug-likeness (QED) is 0.663. The first-order valence-corrected chi connectivity index (χ1v) is 8.05. The Morgan fingerprint density at radius 2 is 2.29 bits per heavy atom. The van der Waals surface area contributed by atoms with E-state index in [1.54, 1.807) is 6.21 Å². The Kier molecular flexibility index (Phi) is 2.80.